The molecule has 0 saturated carbocycles. The fraction of sp³-hybridized carbons (Fsp3) is 0.647. The molecule has 2 rings (SSSR count). The average Bonchev–Trinajstić information content (AvgIpc) is 2.49. The molecular weight excluding hydrogens is 266 g/mol. The summed E-state index contributed by atoms with van der Waals surface area (Å²) >= 11 is 0. The van der Waals surface area contributed by atoms with Crippen LogP contribution in [-0.4, -0.2) is 49.0 Å². The standard InChI is InChI=1S/C17H27NO3/c1-12-11-15(20-5)13(2)10-14(12)16(19)17(3,4)18-6-8-21-9-7-18/h10-11,16,19H,6-9H2,1-5H3. The van der Waals surface area contributed by atoms with Crippen LogP contribution in [0.1, 0.15) is 36.6 Å². The minimum atomic E-state index is -0.541. The van der Waals surface area contributed by atoms with E-state index in [-0.39, 0.29) is 5.54 Å². The maximum absolute atomic E-state index is 10.9. The van der Waals surface area contributed by atoms with Gasteiger partial charge >= 0.3 is 0 Å². The summed E-state index contributed by atoms with van der Waals surface area (Å²) in [4.78, 5) is 2.31. The molecule has 0 radical (unpaired) electrons. The van der Waals surface area contributed by atoms with Crippen LogP contribution < -0.4 is 4.74 Å². The molecule has 1 aromatic carbocycles. The van der Waals surface area contributed by atoms with Crippen LogP contribution >= 0.6 is 0 Å². The van der Waals surface area contributed by atoms with Crippen LogP contribution in [0.2, 0.25) is 0 Å². The third-order valence-electron chi connectivity index (χ3n) is 4.57. The van der Waals surface area contributed by atoms with Gasteiger partial charge in [0.2, 0.25) is 0 Å². The number of aliphatic hydroxyl groups is 1. The molecular formula is C17H27NO3. The first-order valence-corrected chi connectivity index (χ1v) is 7.54. The predicted octanol–water partition coefficient (Wildman–Crippen LogP) is 2.46. The van der Waals surface area contributed by atoms with Gasteiger partial charge in [-0.15, -0.1) is 0 Å². The van der Waals surface area contributed by atoms with Crippen LogP contribution in [0.15, 0.2) is 12.1 Å². The van der Waals surface area contributed by atoms with Gasteiger partial charge in [-0.1, -0.05) is 0 Å². The smallest absolute Gasteiger partial charge is 0.122 e. The highest BCUT2D eigenvalue weighted by molar-refractivity contribution is 5.43. The minimum Gasteiger partial charge on any atom is -0.496 e. The number of benzene rings is 1. The van der Waals surface area contributed by atoms with Crippen molar-refractivity contribution in [3.63, 3.8) is 0 Å². The SMILES string of the molecule is COc1cc(C)c(C(O)C(C)(C)N2CCOCC2)cc1C. The molecule has 4 nitrogen and oxygen atoms in total. The highest BCUT2D eigenvalue weighted by atomic mass is 16.5. The second-order valence-corrected chi connectivity index (χ2v) is 6.33. The molecule has 1 N–H and O–H groups in total. The largest absolute Gasteiger partial charge is 0.496 e. The molecule has 4 heteroatoms. The van der Waals surface area contributed by atoms with Crippen LogP contribution in [-0.2, 0) is 4.74 Å². The van der Waals surface area contributed by atoms with Gasteiger partial charge in [0, 0.05) is 18.6 Å². The molecule has 0 amide bonds. The first kappa shape index (κ1) is 16.3. The van der Waals surface area contributed by atoms with E-state index in [0.29, 0.717) is 0 Å². The Morgan fingerprint density at radius 3 is 2.38 bits per heavy atom. The van der Waals surface area contributed by atoms with Crippen molar-refractivity contribution in [1.29, 1.82) is 0 Å². The summed E-state index contributed by atoms with van der Waals surface area (Å²) in [6.45, 7) is 11.4. The molecule has 1 heterocycles. The maximum atomic E-state index is 10.9. The number of morpholine rings is 1. The lowest BCUT2D eigenvalue weighted by Gasteiger charge is -2.44. The molecule has 1 unspecified atom stereocenters. The summed E-state index contributed by atoms with van der Waals surface area (Å²) in [5.74, 6) is 0.868. The molecule has 118 valence electrons. The zero-order valence-corrected chi connectivity index (χ0v) is 13.8. The number of hydrogen-bond acceptors (Lipinski definition) is 4. The molecule has 1 atom stereocenters. The Bertz CT molecular complexity index is 493. The lowest BCUT2D eigenvalue weighted by Crippen LogP contribution is -2.53. The number of nitrogens with zero attached hydrogens (tertiary/aromatic N) is 1. The van der Waals surface area contributed by atoms with Gasteiger partial charge in [-0.3, -0.25) is 4.90 Å². The van der Waals surface area contributed by atoms with E-state index in [1.54, 1.807) is 7.11 Å². The molecule has 1 aliphatic rings. The fourth-order valence-corrected chi connectivity index (χ4v) is 3.02. The fourth-order valence-electron chi connectivity index (χ4n) is 3.02. The molecule has 21 heavy (non-hydrogen) atoms. The second kappa shape index (κ2) is 6.34. The van der Waals surface area contributed by atoms with Gasteiger partial charge in [0.05, 0.1) is 26.4 Å². The number of rotatable bonds is 4. The first-order chi connectivity index (χ1) is 9.87. The van der Waals surface area contributed by atoms with Crippen molar-refractivity contribution in [1.82, 2.24) is 4.90 Å². The maximum Gasteiger partial charge on any atom is 0.122 e. The van der Waals surface area contributed by atoms with Gasteiger partial charge in [-0.25, -0.2) is 0 Å². The van der Waals surface area contributed by atoms with Crippen LogP contribution in [0.4, 0.5) is 0 Å². The molecule has 1 aliphatic heterocycles. The van der Waals surface area contributed by atoms with Gasteiger partial charge in [0.25, 0.3) is 0 Å². The molecule has 1 fully saturated rings. The molecule has 0 bridgehead atoms. The summed E-state index contributed by atoms with van der Waals surface area (Å²) in [6, 6.07) is 4.05. The Morgan fingerprint density at radius 1 is 1.19 bits per heavy atom. The number of aliphatic hydroxyl groups excluding tert-OH is 1. The van der Waals surface area contributed by atoms with Crippen molar-refractivity contribution in [3.8, 4) is 5.75 Å². The van der Waals surface area contributed by atoms with Crippen LogP contribution in [0.25, 0.3) is 0 Å². The van der Waals surface area contributed by atoms with Crippen LogP contribution in [0, 0.1) is 13.8 Å². The summed E-state index contributed by atoms with van der Waals surface area (Å²) in [5, 5.41) is 10.9. The zero-order chi connectivity index (χ0) is 15.6. The first-order valence-electron chi connectivity index (χ1n) is 7.54. The molecule has 0 aliphatic carbocycles. The van der Waals surface area contributed by atoms with Crippen molar-refractivity contribution < 1.29 is 14.6 Å². The lowest BCUT2D eigenvalue weighted by molar-refractivity contribution is -0.0632. The summed E-state index contributed by atoms with van der Waals surface area (Å²) in [6.07, 6.45) is -0.541. The minimum absolute atomic E-state index is 0.324. The molecule has 1 aromatic rings. The monoisotopic (exact) mass is 293 g/mol. The van der Waals surface area contributed by atoms with Gasteiger partial charge in [0.1, 0.15) is 5.75 Å². The number of ether oxygens (including phenoxy) is 2. The third kappa shape index (κ3) is 3.23. The van der Waals surface area contributed by atoms with Gasteiger partial charge < -0.3 is 14.6 Å². The van der Waals surface area contributed by atoms with E-state index in [4.69, 9.17) is 9.47 Å². The van der Waals surface area contributed by atoms with E-state index in [9.17, 15) is 5.11 Å². The summed E-state index contributed by atoms with van der Waals surface area (Å²) < 4.78 is 10.8. The van der Waals surface area contributed by atoms with Crippen molar-refractivity contribution in [2.24, 2.45) is 0 Å². The highest BCUT2D eigenvalue weighted by Gasteiger charge is 2.36. The Kier molecular flexibility index (Phi) is 4.91. The van der Waals surface area contributed by atoms with Crippen LogP contribution in [0.3, 0.4) is 0 Å². The molecule has 1 saturated heterocycles. The van der Waals surface area contributed by atoms with Crippen molar-refractivity contribution in [2.45, 2.75) is 39.3 Å². The number of hydrogen-bond donors (Lipinski definition) is 1. The summed E-state index contributed by atoms with van der Waals surface area (Å²) in [5.41, 5.74) is 2.77. The predicted molar refractivity (Wildman–Crippen MR) is 83.9 cm³/mol. The van der Waals surface area contributed by atoms with Gasteiger partial charge in [-0.05, 0) is 56.5 Å². The van der Waals surface area contributed by atoms with E-state index in [0.717, 1.165) is 48.7 Å². The molecule has 0 spiro atoms. The topological polar surface area (TPSA) is 41.9 Å². The normalized spacial score (nSPS) is 18.6. The van der Waals surface area contributed by atoms with Crippen molar-refractivity contribution in [2.75, 3.05) is 33.4 Å². The van der Waals surface area contributed by atoms with Crippen molar-refractivity contribution in [3.05, 3.63) is 28.8 Å². The Balaban J connectivity index is 2.29. The number of aryl methyl sites for hydroxylation is 2. The van der Waals surface area contributed by atoms with Gasteiger partial charge in [0.15, 0.2) is 0 Å². The molecule has 0 aromatic heterocycles. The zero-order valence-electron chi connectivity index (χ0n) is 13.8. The van der Waals surface area contributed by atoms with E-state index < -0.39 is 6.10 Å². The van der Waals surface area contributed by atoms with E-state index in [1.807, 2.05) is 26.0 Å². The Hall–Kier alpha value is -1.10. The highest BCUT2D eigenvalue weighted by Crippen LogP contribution is 2.35. The summed E-state index contributed by atoms with van der Waals surface area (Å²) in [7, 11) is 1.68. The average molecular weight is 293 g/mol. The Labute approximate surface area is 127 Å². The van der Waals surface area contributed by atoms with Crippen molar-refractivity contribution >= 4 is 0 Å². The number of methoxy groups -OCH3 is 1. The Morgan fingerprint density at radius 2 is 1.81 bits per heavy atom. The second-order valence-electron chi connectivity index (χ2n) is 6.33. The quantitative estimate of drug-likeness (QED) is 0.926. The van der Waals surface area contributed by atoms with Crippen LogP contribution in [0.5, 0.6) is 5.75 Å². The van der Waals surface area contributed by atoms with E-state index >= 15 is 0 Å². The third-order valence-corrected chi connectivity index (χ3v) is 4.57. The van der Waals surface area contributed by atoms with E-state index in [2.05, 4.69) is 18.7 Å². The lowest BCUT2D eigenvalue weighted by atomic mass is 9.86. The van der Waals surface area contributed by atoms with E-state index in [1.165, 1.54) is 0 Å². The van der Waals surface area contributed by atoms with Gasteiger partial charge in [-0.2, -0.15) is 0 Å².